The van der Waals surface area contributed by atoms with Gasteiger partial charge in [0, 0.05) is 0 Å². The molecule has 1 aromatic rings. The lowest BCUT2D eigenvalue weighted by Gasteiger charge is -2.11. The fourth-order valence-electron chi connectivity index (χ4n) is 3.61. The highest BCUT2D eigenvalue weighted by Gasteiger charge is 2.19. The third kappa shape index (κ3) is 12.6. The van der Waals surface area contributed by atoms with Crippen molar-refractivity contribution in [2.75, 3.05) is 13.2 Å². The smallest absolute Gasteiger partial charge is 0.339 e. The van der Waals surface area contributed by atoms with E-state index in [1.54, 1.807) is 12.1 Å². The number of aryl methyl sites for hydroxylation is 1. The number of unbranched alkanes of at least 4 members (excludes halogenated alkanes) is 12. The first kappa shape index (κ1) is 27.2. The lowest BCUT2D eigenvalue weighted by atomic mass is 10.0. The quantitative estimate of drug-likeness (QED) is 0.175. The summed E-state index contributed by atoms with van der Waals surface area (Å²) in [6.45, 7) is 7.12. The third-order valence-electron chi connectivity index (χ3n) is 5.58. The summed E-state index contributed by atoms with van der Waals surface area (Å²) in [5, 5.41) is 0. The van der Waals surface area contributed by atoms with Crippen LogP contribution in [-0.4, -0.2) is 25.2 Å². The number of esters is 2. The molecule has 0 bridgehead atoms. The third-order valence-corrected chi connectivity index (χ3v) is 5.58. The van der Waals surface area contributed by atoms with E-state index in [1.807, 2.05) is 13.0 Å². The Morgan fingerprint density at radius 1 is 0.613 bits per heavy atom. The van der Waals surface area contributed by atoms with Crippen molar-refractivity contribution >= 4 is 11.9 Å². The van der Waals surface area contributed by atoms with Crippen molar-refractivity contribution in [2.45, 2.75) is 111 Å². The molecule has 0 heterocycles. The van der Waals surface area contributed by atoms with E-state index in [9.17, 15) is 9.59 Å². The van der Waals surface area contributed by atoms with Crippen LogP contribution < -0.4 is 0 Å². The van der Waals surface area contributed by atoms with Gasteiger partial charge < -0.3 is 9.47 Å². The first-order valence-electron chi connectivity index (χ1n) is 12.5. The molecule has 4 nitrogen and oxygen atoms in total. The van der Waals surface area contributed by atoms with E-state index in [0.29, 0.717) is 24.3 Å². The van der Waals surface area contributed by atoms with Crippen LogP contribution in [0.25, 0.3) is 0 Å². The minimum absolute atomic E-state index is 0.304. The number of rotatable bonds is 18. The van der Waals surface area contributed by atoms with Gasteiger partial charge in [-0.3, -0.25) is 0 Å². The number of hydrogen-bond donors (Lipinski definition) is 0. The molecule has 1 rings (SSSR count). The standard InChI is InChI=1S/C27H44O4/c1-4-6-8-10-12-14-16-20-30-26(28)24-19-18-23(3)22-25(24)27(29)31-21-17-15-13-11-9-7-5-2/h18-19,22H,4-17,20-21H2,1-3H3. The molecule has 0 aliphatic rings. The predicted octanol–water partition coefficient (Wildman–Crippen LogP) is 7.81. The molecule has 0 N–H and O–H groups in total. The molecule has 0 aliphatic heterocycles. The molecule has 0 saturated carbocycles. The SMILES string of the molecule is CCCCCCCCCOC(=O)c1ccc(C)cc1C(=O)OCCCCCCCCC. The Bertz CT molecular complexity index is 624. The van der Waals surface area contributed by atoms with Crippen LogP contribution in [0.15, 0.2) is 18.2 Å². The van der Waals surface area contributed by atoms with Crippen LogP contribution in [0, 0.1) is 6.92 Å². The zero-order chi connectivity index (χ0) is 22.7. The van der Waals surface area contributed by atoms with E-state index in [-0.39, 0.29) is 0 Å². The molecule has 176 valence electrons. The lowest BCUT2D eigenvalue weighted by Crippen LogP contribution is -2.15. The van der Waals surface area contributed by atoms with Gasteiger partial charge >= 0.3 is 11.9 Å². The van der Waals surface area contributed by atoms with Crippen molar-refractivity contribution in [2.24, 2.45) is 0 Å². The van der Waals surface area contributed by atoms with Crippen molar-refractivity contribution in [3.63, 3.8) is 0 Å². The molecule has 0 aromatic heterocycles. The second kappa shape index (κ2) is 17.8. The predicted molar refractivity (Wildman–Crippen MR) is 128 cm³/mol. The number of carbonyl (C=O) groups is 2. The van der Waals surface area contributed by atoms with Crippen LogP contribution in [-0.2, 0) is 9.47 Å². The minimum atomic E-state index is -0.436. The molecule has 0 amide bonds. The Labute approximate surface area is 190 Å². The van der Waals surface area contributed by atoms with Crippen LogP contribution in [0.3, 0.4) is 0 Å². The highest BCUT2D eigenvalue weighted by Crippen LogP contribution is 2.16. The van der Waals surface area contributed by atoms with Gasteiger partial charge in [-0.2, -0.15) is 0 Å². The average molecular weight is 433 g/mol. The molecular weight excluding hydrogens is 388 g/mol. The van der Waals surface area contributed by atoms with Gasteiger partial charge in [-0.25, -0.2) is 9.59 Å². The summed E-state index contributed by atoms with van der Waals surface area (Å²) in [6.07, 6.45) is 16.4. The normalized spacial score (nSPS) is 10.8. The maximum Gasteiger partial charge on any atom is 0.339 e. The molecule has 0 spiro atoms. The summed E-state index contributed by atoms with van der Waals surface area (Å²) >= 11 is 0. The van der Waals surface area contributed by atoms with Gasteiger partial charge in [0.1, 0.15) is 0 Å². The summed E-state index contributed by atoms with van der Waals surface area (Å²) in [4.78, 5) is 25.1. The summed E-state index contributed by atoms with van der Waals surface area (Å²) in [7, 11) is 0. The van der Waals surface area contributed by atoms with E-state index in [1.165, 1.54) is 64.2 Å². The van der Waals surface area contributed by atoms with Crippen LogP contribution >= 0.6 is 0 Å². The van der Waals surface area contributed by atoms with Crippen molar-refractivity contribution in [1.82, 2.24) is 0 Å². The van der Waals surface area contributed by atoms with Gasteiger partial charge in [-0.15, -0.1) is 0 Å². The number of carbonyl (C=O) groups excluding carboxylic acids is 2. The summed E-state index contributed by atoms with van der Waals surface area (Å²) in [5.74, 6) is -0.869. The van der Waals surface area contributed by atoms with Crippen molar-refractivity contribution in [3.05, 3.63) is 34.9 Å². The Hall–Kier alpha value is -1.84. The minimum Gasteiger partial charge on any atom is -0.462 e. The average Bonchev–Trinajstić information content (AvgIpc) is 2.77. The largest absolute Gasteiger partial charge is 0.462 e. The van der Waals surface area contributed by atoms with Crippen molar-refractivity contribution in [3.8, 4) is 0 Å². The Balaban J connectivity index is 2.38. The van der Waals surface area contributed by atoms with Gasteiger partial charge in [0.05, 0.1) is 24.3 Å². The van der Waals surface area contributed by atoms with Crippen molar-refractivity contribution < 1.29 is 19.1 Å². The Morgan fingerprint density at radius 3 is 1.52 bits per heavy atom. The second-order valence-corrected chi connectivity index (χ2v) is 8.56. The molecule has 4 heteroatoms. The highest BCUT2D eigenvalue weighted by atomic mass is 16.5. The summed E-state index contributed by atoms with van der Waals surface area (Å²) in [5.41, 5.74) is 1.54. The fourth-order valence-corrected chi connectivity index (χ4v) is 3.61. The summed E-state index contributed by atoms with van der Waals surface area (Å²) in [6, 6.07) is 5.22. The molecule has 0 radical (unpaired) electrons. The lowest BCUT2D eigenvalue weighted by molar-refractivity contribution is 0.0450. The number of benzene rings is 1. The van der Waals surface area contributed by atoms with Crippen LogP contribution in [0.1, 0.15) is 130 Å². The first-order valence-corrected chi connectivity index (χ1v) is 12.5. The zero-order valence-electron chi connectivity index (χ0n) is 20.2. The number of hydrogen-bond acceptors (Lipinski definition) is 4. The molecule has 0 fully saturated rings. The van der Waals surface area contributed by atoms with Crippen LogP contribution in [0.4, 0.5) is 0 Å². The molecule has 0 aliphatic carbocycles. The molecule has 31 heavy (non-hydrogen) atoms. The van der Waals surface area contributed by atoms with E-state index in [0.717, 1.165) is 31.2 Å². The molecule has 0 atom stereocenters. The van der Waals surface area contributed by atoms with Gasteiger partial charge in [-0.05, 0) is 31.9 Å². The Morgan fingerprint density at radius 2 is 1.03 bits per heavy atom. The highest BCUT2D eigenvalue weighted by molar-refractivity contribution is 6.03. The Kier molecular flexibility index (Phi) is 15.6. The maximum atomic E-state index is 12.6. The molecular formula is C27H44O4. The number of ether oxygens (including phenoxy) is 2. The summed E-state index contributed by atoms with van der Waals surface area (Å²) < 4.78 is 10.9. The van der Waals surface area contributed by atoms with Crippen LogP contribution in [0.2, 0.25) is 0 Å². The second-order valence-electron chi connectivity index (χ2n) is 8.56. The van der Waals surface area contributed by atoms with Crippen LogP contribution in [0.5, 0.6) is 0 Å². The first-order chi connectivity index (χ1) is 15.1. The van der Waals surface area contributed by atoms with E-state index >= 15 is 0 Å². The molecule has 1 aromatic carbocycles. The van der Waals surface area contributed by atoms with Gasteiger partial charge in [0.25, 0.3) is 0 Å². The fraction of sp³-hybridized carbons (Fsp3) is 0.704. The molecule has 0 unspecified atom stereocenters. The van der Waals surface area contributed by atoms with Gasteiger partial charge in [-0.1, -0.05) is 103 Å². The van der Waals surface area contributed by atoms with Crippen molar-refractivity contribution in [1.29, 1.82) is 0 Å². The van der Waals surface area contributed by atoms with Gasteiger partial charge in [0.15, 0.2) is 0 Å². The van der Waals surface area contributed by atoms with E-state index < -0.39 is 11.9 Å². The van der Waals surface area contributed by atoms with Gasteiger partial charge in [0.2, 0.25) is 0 Å². The topological polar surface area (TPSA) is 52.6 Å². The van der Waals surface area contributed by atoms with E-state index in [4.69, 9.17) is 9.47 Å². The monoisotopic (exact) mass is 432 g/mol. The van der Waals surface area contributed by atoms with E-state index in [2.05, 4.69) is 13.8 Å². The maximum absolute atomic E-state index is 12.6. The molecule has 0 saturated heterocycles. The zero-order valence-corrected chi connectivity index (χ0v) is 20.2.